The van der Waals surface area contributed by atoms with Gasteiger partial charge in [-0.05, 0) is 61.7 Å². The lowest BCUT2D eigenvalue weighted by molar-refractivity contribution is 0.0696. The summed E-state index contributed by atoms with van der Waals surface area (Å²) in [4.78, 5) is 35.4. The van der Waals surface area contributed by atoms with Crippen molar-refractivity contribution in [1.82, 2.24) is 14.5 Å². The molecule has 0 spiro atoms. The molecule has 0 saturated heterocycles. The Bertz CT molecular complexity index is 1480. The second kappa shape index (κ2) is 10.8. The van der Waals surface area contributed by atoms with Gasteiger partial charge < -0.3 is 19.9 Å². The number of anilines is 3. The lowest BCUT2D eigenvalue weighted by Gasteiger charge is -2.24. The van der Waals surface area contributed by atoms with E-state index in [0.717, 1.165) is 28.9 Å². The van der Waals surface area contributed by atoms with Crippen LogP contribution in [-0.2, 0) is 13.5 Å². The summed E-state index contributed by atoms with van der Waals surface area (Å²) >= 11 is 6.34. The smallest absolute Gasteiger partial charge is 0.337 e. The predicted octanol–water partition coefficient (Wildman–Crippen LogP) is 6.11. The largest absolute Gasteiger partial charge is 0.478 e. The molecule has 9 heteroatoms. The van der Waals surface area contributed by atoms with E-state index < -0.39 is 5.97 Å². The molecule has 0 radical (unpaired) electrons. The Balaban J connectivity index is 1.60. The van der Waals surface area contributed by atoms with Crippen LogP contribution in [-0.4, -0.2) is 38.1 Å². The average molecular weight is 518 g/mol. The average Bonchev–Trinajstić information content (AvgIpc) is 3.28. The van der Waals surface area contributed by atoms with Crippen molar-refractivity contribution in [2.24, 2.45) is 7.05 Å². The van der Waals surface area contributed by atoms with Crippen molar-refractivity contribution < 1.29 is 14.7 Å². The maximum Gasteiger partial charge on any atom is 0.337 e. The quantitative estimate of drug-likeness (QED) is 0.292. The Morgan fingerprint density at radius 3 is 2.51 bits per heavy atom. The normalized spacial score (nSPS) is 10.8. The maximum absolute atomic E-state index is 13.4. The van der Waals surface area contributed by atoms with Gasteiger partial charge in [0.05, 0.1) is 22.5 Å². The summed E-state index contributed by atoms with van der Waals surface area (Å²) in [6.45, 7) is 6.51. The molecule has 4 rings (SSSR count). The number of aromatic carboxylic acids is 1. The van der Waals surface area contributed by atoms with Gasteiger partial charge in [0.1, 0.15) is 5.69 Å². The third-order valence-electron chi connectivity index (χ3n) is 6.18. The molecule has 2 N–H and O–H groups in total. The molecule has 8 nitrogen and oxygen atoms in total. The first-order chi connectivity index (χ1) is 17.7. The van der Waals surface area contributed by atoms with Crippen molar-refractivity contribution in [2.75, 3.05) is 16.8 Å². The van der Waals surface area contributed by atoms with Crippen LogP contribution in [0, 0.1) is 6.92 Å². The van der Waals surface area contributed by atoms with Crippen LogP contribution in [0.4, 0.5) is 17.3 Å². The molecule has 0 bridgehead atoms. The van der Waals surface area contributed by atoms with Gasteiger partial charge in [-0.3, -0.25) is 4.79 Å². The predicted molar refractivity (Wildman–Crippen MR) is 146 cm³/mol. The van der Waals surface area contributed by atoms with E-state index in [4.69, 9.17) is 11.6 Å². The minimum absolute atomic E-state index is 0.0685. The number of hydrogen-bond acceptors (Lipinski definition) is 5. The first-order valence-electron chi connectivity index (χ1n) is 11.9. The Hall–Kier alpha value is -4.17. The number of nitrogens with one attached hydrogen (secondary N) is 1. The standard InChI is InChI=1S/C28H28ClN5O3/c1-5-18-9-7-8-10-23(18)34(6-2)26(35)19-11-12-22(17(3)13-19)31-28-30-15-21(29)25(32-28)24-14-20(27(36)37)16-33(24)4/h7-16H,5-6H2,1-4H3,(H,36,37)(H,30,31,32). The van der Waals surface area contributed by atoms with Crippen molar-refractivity contribution in [3.05, 3.63) is 88.2 Å². The number of para-hydroxylation sites is 1. The molecule has 0 saturated carbocycles. The first-order valence-corrected chi connectivity index (χ1v) is 12.3. The van der Waals surface area contributed by atoms with Gasteiger partial charge in [-0.25, -0.2) is 14.8 Å². The van der Waals surface area contributed by atoms with Crippen LogP contribution in [0.1, 0.15) is 45.7 Å². The molecular formula is C28H28ClN5O3. The van der Waals surface area contributed by atoms with Gasteiger partial charge in [0.15, 0.2) is 0 Å². The molecular weight excluding hydrogens is 490 g/mol. The van der Waals surface area contributed by atoms with Crippen LogP contribution in [0.15, 0.2) is 60.9 Å². The monoisotopic (exact) mass is 517 g/mol. The van der Waals surface area contributed by atoms with Gasteiger partial charge in [-0.2, -0.15) is 0 Å². The summed E-state index contributed by atoms with van der Waals surface area (Å²) in [5.41, 5.74) is 5.31. The SMILES string of the molecule is CCc1ccccc1N(CC)C(=O)c1ccc(Nc2ncc(Cl)c(-c3cc(C(=O)O)cn3C)n2)c(C)c1. The van der Waals surface area contributed by atoms with Crippen molar-refractivity contribution in [3.8, 4) is 11.4 Å². The van der Waals surface area contributed by atoms with Crippen LogP contribution in [0.5, 0.6) is 0 Å². The minimum atomic E-state index is -1.03. The number of carbonyl (C=O) groups is 2. The number of aryl methyl sites for hydroxylation is 3. The number of benzene rings is 2. The van der Waals surface area contributed by atoms with Crippen LogP contribution in [0.25, 0.3) is 11.4 Å². The highest BCUT2D eigenvalue weighted by Crippen LogP contribution is 2.30. The van der Waals surface area contributed by atoms with Crippen LogP contribution >= 0.6 is 11.6 Å². The molecule has 2 heterocycles. The fourth-order valence-corrected chi connectivity index (χ4v) is 4.42. The molecule has 0 aliphatic heterocycles. The van der Waals surface area contributed by atoms with E-state index in [1.807, 2.05) is 50.2 Å². The molecule has 2 aromatic carbocycles. The maximum atomic E-state index is 13.4. The van der Waals surface area contributed by atoms with E-state index in [9.17, 15) is 14.7 Å². The number of hydrogen-bond donors (Lipinski definition) is 2. The summed E-state index contributed by atoms with van der Waals surface area (Å²) in [5, 5.41) is 12.8. The lowest BCUT2D eigenvalue weighted by atomic mass is 10.1. The van der Waals surface area contributed by atoms with Crippen LogP contribution in [0.3, 0.4) is 0 Å². The molecule has 0 unspecified atom stereocenters. The zero-order chi connectivity index (χ0) is 26.7. The molecule has 2 aromatic heterocycles. The molecule has 1 amide bonds. The molecule has 0 atom stereocenters. The number of carboxylic acids is 1. The molecule has 0 aliphatic carbocycles. The van der Waals surface area contributed by atoms with Crippen LogP contribution < -0.4 is 10.2 Å². The van der Waals surface area contributed by atoms with E-state index in [-0.39, 0.29) is 11.5 Å². The Morgan fingerprint density at radius 2 is 1.86 bits per heavy atom. The van der Waals surface area contributed by atoms with Gasteiger partial charge >= 0.3 is 5.97 Å². The summed E-state index contributed by atoms with van der Waals surface area (Å²) in [6.07, 6.45) is 3.81. The highest BCUT2D eigenvalue weighted by atomic mass is 35.5. The number of carbonyl (C=O) groups excluding carboxylic acids is 1. The van der Waals surface area contributed by atoms with E-state index in [1.54, 1.807) is 22.6 Å². The Kier molecular flexibility index (Phi) is 7.59. The lowest BCUT2D eigenvalue weighted by Crippen LogP contribution is -2.31. The van der Waals surface area contributed by atoms with Gasteiger partial charge in [-0.1, -0.05) is 36.7 Å². The second-order valence-electron chi connectivity index (χ2n) is 8.61. The van der Waals surface area contributed by atoms with E-state index in [2.05, 4.69) is 22.2 Å². The van der Waals surface area contributed by atoms with Crippen molar-refractivity contribution in [2.45, 2.75) is 27.2 Å². The van der Waals surface area contributed by atoms with Gasteiger partial charge in [0, 0.05) is 36.7 Å². The summed E-state index contributed by atoms with van der Waals surface area (Å²) in [5.74, 6) is -0.803. The molecule has 4 aromatic rings. The van der Waals surface area contributed by atoms with Gasteiger partial charge in [0.25, 0.3) is 5.91 Å². The summed E-state index contributed by atoms with van der Waals surface area (Å²) < 4.78 is 1.66. The summed E-state index contributed by atoms with van der Waals surface area (Å²) in [6, 6.07) is 14.9. The van der Waals surface area contributed by atoms with Crippen molar-refractivity contribution in [1.29, 1.82) is 0 Å². The van der Waals surface area contributed by atoms with E-state index in [0.29, 0.717) is 34.5 Å². The third kappa shape index (κ3) is 5.34. The Morgan fingerprint density at radius 1 is 1.11 bits per heavy atom. The van der Waals surface area contributed by atoms with E-state index in [1.165, 1.54) is 18.5 Å². The molecule has 37 heavy (non-hydrogen) atoms. The number of aromatic nitrogens is 3. The number of rotatable bonds is 8. The fraction of sp³-hybridized carbons (Fsp3) is 0.214. The zero-order valence-electron chi connectivity index (χ0n) is 21.1. The number of nitrogens with zero attached hydrogens (tertiary/aromatic N) is 4. The number of halogens is 1. The van der Waals surface area contributed by atoms with E-state index >= 15 is 0 Å². The number of carboxylic acid groups (broad SMARTS) is 1. The van der Waals surface area contributed by atoms with Gasteiger partial charge in [-0.15, -0.1) is 0 Å². The van der Waals surface area contributed by atoms with Crippen LogP contribution in [0.2, 0.25) is 5.02 Å². The molecule has 190 valence electrons. The summed E-state index contributed by atoms with van der Waals surface area (Å²) in [7, 11) is 1.73. The number of amides is 1. The van der Waals surface area contributed by atoms with Crippen molar-refractivity contribution >= 4 is 40.8 Å². The van der Waals surface area contributed by atoms with Crippen molar-refractivity contribution in [3.63, 3.8) is 0 Å². The first kappa shape index (κ1) is 25.9. The topological polar surface area (TPSA) is 100 Å². The third-order valence-corrected chi connectivity index (χ3v) is 6.46. The van der Waals surface area contributed by atoms with Gasteiger partial charge in [0.2, 0.25) is 5.95 Å². The molecule has 0 aliphatic rings. The Labute approximate surface area is 220 Å². The minimum Gasteiger partial charge on any atom is -0.478 e. The zero-order valence-corrected chi connectivity index (χ0v) is 21.9. The highest BCUT2D eigenvalue weighted by Gasteiger charge is 2.20. The highest BCUT2D eigenvalue weighted by molar-refractivity contribution is 6.32. The molecule has 0 fully saturated rings. The second-order valence-corrected chi connectivity index (χ2v) is 9.01. The fourth-order valence-electron chi connectivity index (χ4n) is 4.23.